The fourth-order valence-electron chi connectivity index (χ4n) is 4.64. The zero-order valence-electron chi connectivity index (χ0n) is 19.3. The van der Waals surface area contributed by atoms with E-state index in [2.05, 4.69) is 0 Å². The van der Waals surface area contributed by atoms with Gasteiger partial charge < -0.3 is 4.74 Å². The summed E-state index contributed by atoms with van der Waals surface area (Å²) in [6.45, 7) is 0. The first-order valence-corrected chi connectivity index (χ1v) is 12.2. The molecule has 0 saturated carbocycles. The van der Waals surface area contributed by atoms with Crippen LogP contribution in [0, 0.1) is 4.77 Å². The van der Waals surface area contributed by atoms with Crippen molar-refractivity contribution in [1.29, 1.82) is 0 Å². The van der Waals surface area contributed by atoms with E-state index in [4.69, 9.17) is 17.0 Å². The molecule has 0 fully saturated rings. The molecule has 1 atom stereocenters. The Hall–Kier alpha value is -4.48. The molecule has 1 unspecified atom stereocenters. The molecule has 0 N–H and O–H groups in total. The second kappa shape index (κ2) is 9.29. The Kier molecular flexibility index (Phi) is 5.68. The Morgan fingerprint density at radius 1 is 0.639 bits per heavy atom. The third-order valence-electron chi connectivity index (χ3n) is 6.33. The van der Waals surface area contributed by atoms with Gasteiger partial charge in [0.1, 0.15) is 5.76 Å². The molecule has 4 aromatic carbocycles. The molecular weight excluding hydrogens is 464 g/mol. The van der Waals surface area contributed by atoms with Crippen molar-refractivity contribution in [3.63, 3.8) is 0 Å². The molecule has 0 amide bonds. The largest absolute Gasteiger partial charge is 0.440 e. The molecule has 1 aliphatic rings. The van der Waals surface area contributed by atoms with E-state index in [-0.39, 0.29) is 11.5 Å². The van der Waals surface area contributed by atoms with Crippen LogP contribution in [-0.4, -0.2) is 9.13 Å². The maximum atomic E-state index is 14.2. The molecule has 1 aliphatic heterocycles. The van der Waals surface area contributed by atoms with Gasteiger partial charge in [-0.3, -0.25) is 13.9 Å². The lowest BCUT2D eigenvalue weighted by atomic mass is 9.89. The lowest BCUT2D eigenvalue weighted by Crippen LogP contribution is -2.31. The van der Waals surface area contributed by atoms with Crippen molar-refractivity contribution in [2.24, 2.45) is 0 Å². The Morgan fingerprint density at radius 2 is 1.14 bits per heavy atom. The van der Waals surface area contributed by atoms with Crippen LogP contribution in [0.25, 0.3) is 17.1 Å². The highest BCUT2D eigenvalue weighted by Crippen LogP contribution is 2.40. The minimum atomic E-state index is -0.321. The number of nitrogens with zero attached hydrogens (tertiary/aromatic N) is 2. The molecule has 0 radical (unpaired) electrons. The SMILES string of the molecule is O=c1c2c(n(-c3ccccc3)c(=S)n1-c1ccccc1)OC(c1ccccc1)=CC2c1ccccc1. The summed E-state index contributed by atoms with van der Waals surface area (Å²) in [5.74, 6) is 0.810. The van der Waals surface area contributed by atoms with Gasteiger partial charge in [0.05, 0.1) is 16.9 Å². The van der Waals surface area contributed by atoms with Gasteiger partial charge in [0.25, 0.3) is 5.56 Å². The molecular formula is C31H22N2O2S. The number of benzene rings is 4. The molecule has 5 aromatic rings. The quantitative estimate of drug-likeness (QED) is 0.259. The van der Waals surface area contributed by atoms with Gasteiger partial charge in [-0.05, 0) is 48.1 Å². The second-order valence-corrected chi connectivity index (χ2v) is 8.90. The van der Waals surface area contributed by atoms with Gasteiger partial charge >= 0.3 is 0 Å². The summed E-state index contributed by atoms with van der Waals surface area (Å²) < 4.78 is 10.4. The number of hydrogen-bond donors (Lipinski definition) is 0. The normalized spacial score (nSPS) is 14.4. The van der Waals surface area contributed by atoms with Crippen LogP contribution in [0.1, 0.15) is 22.6 Å². The van der Waals surface area contributed by atoms with Crippen LogP contribution in [0.15, 0.2) is 132 Å². The summed E-state index contributed by atoms with van der Waals surface area (Å²) in [5, 5.41) is 0. The van der Waals surface area contributed by atoms with Crippen molar-refractivity contribution in [3.05, 3.63) is 159 Å². The van der Waals surface area contributed by atoms with Gasteiger partial charge in [-0.2, -0.15) is 0 Å². The van der Waals surface area contributed by atoms with E-state index in [9.17, 15) is 4.79 Å². The van der Waals surface area contributed by atoms with Crippen molar-refractivity contribution < 1.29 is 4.74 Å². The van der Waals surface area contributed by atoms with Gasteiger partial charge in [0, 0.05) is 11.5 Å². The Labute approximate surface area is 214 Å². The van der Waals surface area contributed by atoms with Gasteiger partial charge in [0.2, 0.25) is 5.88 Å². The molecule has 0 bridgehead atoms. The highest BCUT2D eigenvalue weighted by atomic mass is 32.1. The average Bonchev–Trinajstić information content (AvgIpc) is 2.94. The summed E-state index contributed by atoms with van der Waals surface area (Å²) in [6.07, 6.45) is 2.03. The number of para-hydroxylation sites is 2. The van der Waals surface area contributed by atoms with E-state index >= 15 is 0 Å². The summed E-state index contributed by atoms with van der Waals surface area (Å²) in [7, 11) is 0. The zero-order valence-corrected chi connectivity index (χ0v) is 20.1. The summed E-state index contributed by atoms with van der Waals surface area (Å²) in [4.78, 5) is 14.2. The van der Waals surface area contributed by atoms with E-state index in [0.717, 1.165) is 16.8 Å². The predicted molar refractivity (Wildman–Crippen MR) is 146 cm³/mol. The number of allylic oxidation sites excluding steroid dienone is 1. The maximum absolute atomic E-state index is 14.2. The summed E-state index contributed by atoms with van der Waals surface area (Å²) in [5.41, 5.74) is 3.83. The smallest absolute Gasteiger partial charge is 0.266 e. The number of ether oxygens (including phenoxy) is 1. The van der Waals surface area contributed by atoms with Gasteiger partial charge in [-0.25, -0.2) is 0 Å². The van der Waals surface area contributed by atoms with Crippen LogP contribution >= 0.6 is 12.2 Å². The predicted octanol–water partition coefficient (Wildman–Crippen LogP) is 6.92. The van der Waals surface area contributed by atoms with Crippen LogP contribution in [-0.2, 0) is 0 Å². The molecule has 6 rings (SSSR count). The molecule has 5 heteroatoms. The van der Waals surface area contributed by atoms with E-state index < -0.39 is 0 Å². The molecule has 174 valence electrons. The minimum absolute atomic E-state index is 0.189. The lowest BCUT2D eigenvalue weighted by molar-refractivity contribution is 0.446. The third kappa shape index (κ3) is 3.80. The Balaban J connectivity index is 1.72. The summed E-state index contributed by atoms with van der Waals surface area (Å²) in [6, 6.07) is 39.3. The molecule has 0 spiro atoms. The second-order valence-electron chi connectivity index (χ2n) is 8.54. The van der Waals surface area contributed by atoms with E-state index in [1.165, 1.54) is 0 Å². The molecule has 4 nitrogen and oxygen atoms in total. The highest BCUT2D eigenvalue weighted by molar-refractivity contribution is 7.71. The topological polar surface area (TPSA) is 36.2 Å². The number of rotatable bonds is 4. The monoisotopic (exact) mass is 486 g/mol. The molecule has 36 heavy (non-hydrogen) atoms. The standard InChI is InChI=1S/C31H22N2O2S/c34-29-28-26(22-13-5-1-6-14-22)21-27(23-15-7-2-8-16-23)35-30(28)33(25-19-11-4-12-20-25)31(36)32(29)24-17-9-3-10-18-24/h1-21,26H. The minimum Gasteiger partial charge on any atom is -0.440 e. The highest BCUT2D eigenvalue weighted by Gasteiger charge is 2.32. The molecule has 0 aliphatic carbocycles. The van der Waals surface area contributed by atoms with Gasteiger partial charge in [-0.15, -0.1) is 0 Å². The van der Waals surface area contributed by atoms with Crippen molar-refractivity contribution in [1.82, 2.24) is 9.13 Å². The first-order chi connectivity index (χ1) is 17.7. The average molecular weight is 487 g/mol. The van der Waals surface area contributed by atoms with Crippen molar-refractivity contribution in [2.75, 3.05) is 0 Å². The lowest BCUT2D eigenvalue weighted by Gasteiger charge is -2.29. The van der Waals surface area contributed by atoms with E-state index in [1.807, 2.05) is 132 Å². The number of aromatic nitrogens is 2. The number of fused-ring (bicyclic) bond motifs is 1. The molecule has 1 aromatic heterocycles. The van der Waals surface area contributed by atoms with Crippen LogP contribution in [0.5, 0.6) is 5.88 Å². The van der Waals surface area contributed by atoms with Gasteiger partial charge in [-0.1, -0.05) is 97.1 Å². The van der Waals surface area contributed by atoms with Crippen molar-refractivity contribution in [3.8, 4) is 17.3 Å². The van der Waals surface area contributed by atoms with Crippen molar-refractivity contribution in [2.45, 2.75) is 5.92 Å². The first-order valence-electron chi connectivity index (χ1n) is 11.8. The van der Waals surface area contributed by atoms with E-state index in [1.54, 1.807) is 4.57 Å². The van der Waals surface area contributed by atoms with Crippen molar-refractivity contribution >= 4 is 18.0 Å². The zero-order chi connectivity index (χ0) is 24.5. The Bertz CT molecular complexity index is 1670. The van der Waals surface area contributed by atoms with Crippen LogP contribution in [0.2, 0.25) is 0 Å². The van der Waals surface area contributed by atoms with Crippen LogP contribution in [0.4, 0.5) is 0 Å². The fraction of sp³-hybridized carbons (Fsp3) is 0.0323. The van der Waals surface area contributed by atoms with Crippen LogP contribution < -0.4 is 10.3 Å². The van der Waals surface area contributed by atoms with Gasteiger partial charge in [0.15, 0.2) is 4.77 Å². The number of hydrogen-bond acceptors (Lipinski definition) is 3. The maximum Gasteiger partial charge on any atom is 0.266 e. The molecule has 0 saturated heterocycles. The van der Waals surface area contributed by atoms with Crippen LogP contribution in [0.3, 0.4) is 0 Å². The third-order valence-corrected chi connectivity index (χ3v) is 6.70. The Morgan fingerprint density at radius 3 is 1.72 bits per heavy atom. The fourth-order valence-corrected chi connectivity index (χ4v) is 5.01. The summed E-state index contributed by atoms with van der Waals surface area (Å²) >= 11 is 5.97. The molecule has 2 heterocycles. The first kappa shape index (κ1) is 22.0. The van der Waals surface area contributed by atoms with E-state index in [0.29, 0.717) is 27.7 Å².